The van der Waals surface area contributed by atoms with Crippen LogP contribution in [0.2, 0.25) is 51.4 Å². The number of aromatic hydroxyl groups is 1. The van der Waals surface area contributed by atoms with E-state index in [1.165, 1.54) is 73.8 Å². The van der Waals surface area contributed by atoms with Crippen molar-refractivity contribution in [1.82, 2.24) is 65.5 Å². The molecule has 5 N–H and O–H groups in total. The molecule has 4 aliphatic heterocycles. The molecule has 114 heavy (non-hydrogen) atoms. The molecule has 29 nitrogen and oxygen atoms in total. The third kappa shape index (κ3) is 25.3. The van der Waals surface area contributed by atoms with Crippen LogP contribution in [0.25, 0.3) is 0 Å². The van der Waals surface area contributed by atoms with Crippen molar-refractivity contribution in [2.24, 2.45) is 0 Å². The lowest BCUT2D eigenvalue weighted by molar-refractivity contribution is 0.0746. The Balaban J connectivity index is 0.000000153. The van der Waals surface area contributed by atoms with Gasteiger partial charge in [0.2, 0.25) is 0 Å². The van der Waals surface area contributed by atoms with E-state index in [-0.39, 0.29) is 90.7 Å². The number of nitrogens with one attached hydrogen (secondary N) is 4. The van der Waals surface area contributed by atoms with Gasteiger partial charge >= 0.3 is 0 Å². The monoisotopic (exact) mass is 1720 g/mol. The molecule has 4 amide bonds. The van der Waals surface area contributed by atoms with Crippen molar-refractivity contribution < 1.29 is 61.1 Å². The van der Waals surface area contributed by atoms with Gasteiger partial charge in [-0.25, -0.2) is 32.7 Å². The second-order valence-corrected chi connectivity index (χ2v) is 40.8. The SMILES string of the molecule is C[Si](C)(C)CCOCn1nc(Br)ccc1=O.C[Si](C)(C)CCOCn1nc(N2Cc3cc(OCc4ccc(F)cn4)ccc3C2=O)ccc1=O.O=C1NCc2cc(O)ccc21.O=C1NCc2cc(OCc3ccc(F)cn3)ccc21.O=C1c2ccc(OCc3ccc(F)cn3)cc2CN1c1ccc(=O)[nH]n1.O=c1ccc(Br)n[nH]1. The van der Waals surface area contributed by atoms with E-state index in [4.69, 9.17) is 28.8 Å². The summed E-state index contributed by atoms with van der Waals surface area (Å²) in [5.41, 5.74) is 6.76. The number of aromatic amines is 2. The Morgan fingerprint density at radius 1 is 0.439 bits per heavy atom. The Kier molecular flexibility index (Phi) is 29.3. The first kappa shape index (κ1) is 84.5. The van der Waals surface area contributed by atoms with E-state index in [0.29, 0.717) is 117 Å². The number of H-pyrrole nitrogens is 2. The van der Waals surface area contributed by atoms with Gasteiger partial charge in [0, 0.05) is 89.0 Å². The van der Waals surface area contributed by atoms with Gasteiger partial charge in [0.15, 0.2) is 11.6 Å². The number of amides is 4. The number of carbonyl (C=O) groups excluding carboxylic acids is 4. The minimum atomic E-state index is -1.23. The lowest BCUT2D eigenvalue weighted by atomic mass is 10.1. The number of nitrogens with zero attached hydrogens (tertiary/aromatic N) is 11. The van der Waals surface area contributed by atoms with Crippen molar-refractivity contribution in [3.63, 3.8) is 0 Å². The van der Waals surface area contributed by atoms with Crippen LogP contribution in [0.15, 0.2) is 205 Å². The lowest BCUT2D eigenvalue weighted by Crippen LogP contribution is -2.30. The maximum atomic E-state index is 13.0. The Labute approximate surface area is 668 Å². The number of hydrogen-bond acceptors (Lipinski definition) is 21. The molecule has 4 aromatic carbocycles. The van der Waals surface area contributed by atoms with E-state index in [0.717, 1.165) is 52.9 Å². The highest BCUT2D eigenvalue weighted by molar-refractivity contribution is 9.10. The van der Waals surface area contributed by atoms with Crippen LogP contribution >= 0.6 is 31.9 Å². The average molecular weight is 1720 g/mol. The summed E-state index contributed by atoms with van der Waals surface area (Å²) in [5, 5.41) is 34.8. The summed E-state index contributed by atoms with van der Waals surface area (Å²) in [6.45, 7) is 17.5. The summed E-state index contributed by atoms with van der Waals surface area (Å²) in [7, 11) is -2.30. The van der Waals surface area contributed by atoms with Crippen LogP contribution in [-0.2, 0) is 68.9 Å². The smallest absolute Gasteiger partial charge is 0.269 e. The van der Waals surface area contributed by atoms with Crippen LogP contribution in [-0.4, -0.2) is 113 Å². The van der Waals surface area contributed by atoms with Crippen LogP contribution in [0.5, 0.6) is 23.0 Å². The summed E-state index contributed by atoms with van der Waals surface area (Å²) < 4.78 is 70.5. The maximum Gasteiger partial charge on any atom is 0.269 e. The lowest BCUT2D eigenvalue weighted by Gasteiger charge is -2.17. The van der Waals surface area contributed by atoms with Gasteiger partial charge in [0.05, 0.1) is 48.8 Å². The molecule has 0 radical (unpaired) electrons. The minimum Gasteiger partial charge on any atom is -0.508 e. The number of anilines is 2. The second kappa shape index (κ2) is 39.5. The van der Waals surface area contributed by atoms with E-state index in [2.05, 4.69) is 127 Å². The topological polar surface area (TPSA) is 365 Å². The zero-order chi connectivity index (χ0) is 81.6. The number of rotatable bonds is 21. The van der Waals surface area contributed by atoms with Crippen LogP contribution < -0.4 is 56.9 Å². The first-order valence-electron chi connectivity index (χ1n) is 35.3. The first-order chi connectivity index (χ1) is 54.5. The summed E-state index contributed by atoms with van der Waals surface area (Å²) in [6, 6.07) is 43.1. The van der Waals surface area contributed by atoms with Crippen molar-refractivity contribution in [3.8, 4) is 23.0 Å². The van der Waals surface area contributed by atoms with E-state index < -0.39 is 27.8 Å². The Morgan fingerprint density at radius 2 is 0.842 bits per heavy atom. The number of pyridine rings is 3. The molecule has 0 fully saturated rings. The average Bonchev–Trinajstić information content (AvgIpc) is 1.64. The maximum absolute atomic E-state index is 13.0. The summed E-state index contributed by atoms with van der Waals surface area (Å²) in [5.74, 6) is 1.13. The number of benzene rings is 4. The normalized spacial score (nSPS) is 12.8. The summed E-state index contributed by atoms with van der Waals surface area (Å²) >= 11 is 6.28. The highest BCUT2D eigenvalue weighted by Crippen LogP contribution is 2.32. The van der Waals surface area contributed by atoms with Gasteiger partial charge in [-0.15, -0.1) is 5.10 Å². The number of halogens is 5. The Hall–Kier alpha value is -12.0. The van der Waals surface area contributed by atoms with Gasteiger partial charge in [-0.3, -0.25) is 63.1 Å². The predicted octanol–water partition coefficient (Wildman–Crippen LogP) is 11.4. The number of phenolic OH excluding ortho intramolecular Hbond substituents is 1. The number of fused-ring (bicyclic) bond motifs is 4. The number of aromatic nitrogens is 11. The molecular weight excluding hydrogens is 1640 g/mol. The molecule has 7 aromatic heterocycles. The minimum absolute atomic E-state index is 0.0432. The molecule has 592 valence electrons. The van der Waals surface area contributed by atoms with E-state index in [1.807, 2.05) is 6.07 Å². The van der Waals surface area contributed by atoms with Crippen LogP contribution in [0, 0.1) is 17.5 Å². The van der Waals surface area contributed by atoms with Gasteiger partial charge in [0.1, 0.15) is 82.9 Å². The van der Waals surface area contributed by atoms with Crippen LogP contribution in [0.1, 0.15) is 80.8 Å². The number of ether oxygens (including phenoxy) is 5. The Bertz CT molecular complexity index is 5450. The van der Waals surface area contributed by atoms with Crippen molar-refractivity contribution in [3.05, 3.63) is 306 Å². The number of hydrogen-bond donors (Lipinski definition) is 5. The molecular formula is C78H78Br2F3N15O14Si2. The molecule has 0 aliphatic carbocycles. The zero-order valence-corrected chi connectivity index (χ0v) is 67.7. The molecule has 0 saturated heterocycles. The van der Waals surface area contributed by atoms with Gasteiger partial charge < -0.3 is 39.4 Å². The molecule has 36 heteroatoms. The van der Waals surface area contributed by atoms with E-state index in [9.17, 15) is 51.5 Å². The van der Waals surface area contributed by atoms with Crippen molar-refractivity contribution >= 4 is 83.3 Å². The molecule has 0 atom stereocenters. The third-order valence-electron chi connectivity index (χ3n) is 16.8. The third-order valence-corrected chi connectivity index (χ3v) is 21.1. The standard InChI is InChI=1S/C24H27FN4O4Si.C18H13FN4O3.C14H11FN2O2.C10H17BrN2O2Si.C8H7NO2.C4H3BrN2O/c1-34(2,3)11-10-32-16-29-23(30)9-8-22(27-29)28-14-17-12-20(6-7-21(17)24(28)31)33-15-19-5-4-18(25)13-26-19;19-12-1-2-13(20-8-12)10-26-14-3-4-15-11(7-14)9-23(18(15)25)16-5-6-17(24)22-21-16;15-10-1-2-11(16-7-10)8-19-12-3-4-13-9(5-12)6-17-14(13)18;1-16(2,3)7-6-15-8-13-10(14)5-4-9(11)12-13;10-6-1-2-7-5(3-6)4-9-8(7)11;5-3-1-2-4(8)7-6-3/h4-9,12-13H,10-11,14-16H2,1-3H3;1-8H,9-10H2,(H,22,24);1-5,7H,6,8H2,(H,17,18);4-5H,6-8H2,1-3H3;1-3,10H,4H2,(H,9,11);1-2H,(H,7,8). The summed E-state index contributed by atoms with van der Waals surface area (Å²) in [6.07, 6.45) is 3.43. The molecule has 11 heterocycles. The van der Waals surface area contributed by atoms with Crippen molar-refractivity contribution in [1.29, 1.82) is 0 Å². The molecule has 4 aliphatic rings. The zero-order valence-electron chi connectivity index (χ0n) is 62.5. The van der Waals surface area contributed by atoms with E-state index in [1.54, 1.807) is 97.1 Å². The predicted molar refractivity (Wildman–Crippen MR) is 427 cm³/mol. The molecule has 0 spiro atoms. The first-order valence-corrected chi connectivity index (χ1v) is 44.3. The number of phenols is 1. The van der Waals surface area contributed by atoms with Crippen molar-refractivity contribution in [2.75, 3.05) is 23.0 Å². The van der Waals surface area contributed by atoms with Crippen molar-refractivity contribution in [2.45, 2.75) is 111 Å². The van der Waals surface area contributed by atoms with Gasteiger partial charge in [-0.05, 0) is 200 Å². The van der Waals surface area contributed by atoms with Crippen LogP contribution in [0.4, 0.5) is 24.8 Å². The fourth-order valence-corrected chi connectivity index (χ4v) is 12.7. The van der Waals surface area contributed by atoms with E-state index >= 15 is 0 Å². The summed E-state index contributed by atoms with van der Waals surface area (Å²) in [4.78, 5) is 108. The largest absolute Gasteiger partial charge is 0.508 e. The fraction of sp³-hybridized carbons (Fsp3) is 0.244. The molecule has 15 rings (SSSR count). The van der Waals surface area contributed by atoms with Gasteiger partial charge in [-0.2, -0.15) is 15.3 Å². The molecule has 0 unspecified atom stereocenters. The number of carbonyl (C=O) groups is 4. The molecule has 11 aromatic rings. The fourth-order valence-electron chi connectivity index (χ4n) is 10.7. The highest BCUT2D eigenvalue weighted by atomic mass is 79.9. The quantitative estimate of drug-likeness (QED) is 0.0329. The molecule has 0 saturated carbocycles. The highest BCUT2D eigenvalue weighted by Gasteiger charge is 2.32. The Morgan fingerprint density at radius 3 is 1.27 bits per heavy atom. The second-order valence-electron chi connectivity index (χ2n) is 28.0. The molecule has 0 bridgehead atoms. The van der Waals surface area contributed by atoms with Gasteiger partial charge in [-0.1, -0.05) is 39.3 Å². The van der Waals surface area contributed by atoms with Gasteiger partial charge in [0.25, 0.3) is 45.9 Å². The van der Waals surface area contributed by atoms with Crippen LogP contribution in [0.3, 0.4) is 0 Å².